The summed E-state index contributed by atoms with van der Waals surface area (Å²) in [4.78, 5) is 16.5. The predicted octanol–water partition coefficient (Wildman–Crippen LogP) is 3.39. The Bertz CT molecular complexity index is 1060. The zero-order valence-electron chi connectivity index (χ0n) is 18.3. The van der Waals surface area contributed by atoms with Gasteiger partial charge in [0.15, 0.2) is 0 Å². The topological polar surface area (TPSA) is 116 Å². The van der Waals surface area contributed by atoms with E-state index in [1.165, 1.54) is 0 Å². The summed E-state index contributed by atoms with van der Waals surface area (Å²) in [5.41, 5.74) is 10.1. The van der Waals surface area contributed by atoms with E-state index >= 15 is 0 Å². The summed E-state index contributed by atoms with van der Waals surface area (Å²) >= 11 is 0. The lowest BCUT2D eigenvalue weighted by atomic mass is 9.92. The molecule has 1 aromatic carbocycles. The van der Waals surface area contributed by atoms with Gasteiger partial charge in [-0.15, -0.1) is 0 Å². The summed E-state index contributed by atoms with van der Waals surface area (Å²) in [6.07, 6.45) is 4.19. The number of aromatic nitrogens is 3. The normalized spacial score (nSPS) is 20.3. The van der Waals surface area contributed by atoms with Gasteiger partial charge in [0.05, 0.1) is 29.4 Å². The van der Waals surface area contributed by atoms with Crippen molar-refractivity contribution in [2.24, 2.45) is 5.73 Å². The maximum absolute atomic E-state index is 11.7. The van der Waals surface area contributed by atoms with E-state index in [1.807, 2.05) is 19.9 Å². The summed E-state index contributed by atoms with van der Waals surface area (Å²) in [6.45, 7) is 3.63. The van der Waals surface area contributed by atoms with Crippen molar-refractivity contribution in [3.8, 4) is 11.1 Å². The molecular formula is C23H30N4O4. The van der Waals surface area contributed by atoms with E-state index in [9.17, 15) is 9.90 Å². The number of imidazole rings is 1. The van der Waals surface area contributed by atoms with Crippen LogP contribution in [0, 0.1) is 13.8 Å². The molecule has 0 unspecified atom stereocenters. The molecule has 4 rings (SSSR count). The molecule has 3 N–H and O–H groups in total. The lowest BCUT2D eigenvalue weighted by Crippen LogP contribution is -2.26. The fourth-order valence-corrected chi connectivity index (χ4v) is 4.86. The van der Waals surface area contributed by atoms with E-state index in [0.29, 0.717) is 5.82 Å². The number of benzene rings is 1. The van der Waals surface area contributed by atoms with Crippen LogP contribution in [-0.2, 0) is 9.53 Å². The SMILES string of the molecule is COC1CCC(n2c([C@H](CO)CC(N)=O)nc3cc(-c4c(C)noc4C)ccc32)CC1. The van der Waals surface area contributed by atoms with Crippen LogP contribution in [0.15, 0.2) is 22.7 Å². The summed E-state index contributed by atoms with van der Waals surface area (Å²) in [5.74, 6) is 0.592. The predicted molar refractivity (Wildman–Crippen MR) is 117 cm³/mol. The number of nitrogens with zero attached hydrogens (tertiary/aromatic N) is 3. The highest BCUT2D eigenvalue weighted by molar-refractivity contribution is 5.84. The highest BCUT2D eigenvalue weighted by Gasteiger charge is 2.29. The van der Waals surface area contributed by atoms with Gasteiger partial charge in [0.25, 0.3) is 0 Å². The van der Waals surface area contributed by atoms with Gasteiger partial charge in [-0.05, 0) is 57.2 Å². The van der Waals surface area contributed by atoms with Crippen molar-refractivity contribution in [1.29, 1.82) is 0 Å². The first-order valence-electron chi connectivity index (χ1n) is 10.8. The Morgan fingerprint density at radius 2 is 2.06 bits per heavy atom. The minimum Gasteiger partial charge on any atom is -0.396 e. The minimum atomic E-state index is -0.447. The van der Waals surface area contributed by atoms with Crippen molar-refractivity contribution in [3.63, 3.8) is 0 Å². The number of primary amides is 1. The number of ether oxygens (including phenoxy) is 1. The van der Waals surface area contributed by atoms with Crippen LogP contribution in [0.25, 0.3) is 22.2 Å². The number of methoxy groups -OCH3 is 1. The molecule has 3 aromatic rings. The Morgan fingerprint density at radius 3 is 2.65 bits per heavy atom. The van der Waals surface area contributed by atoms with Gasteiger partial charge in [-0.25, -0.2) is 4.98 Å². The number of amides is 1. The number of carbonyl (C=O) groups excluding carboxylic acids is 1. The molecule has 0 aliphatic heterocycles. The second-order valence-electron chi connectivity index (χ2n) is 8.46. The van der Waals surface area contributed by atoms with Crippen molar-refractivity contribution in [1.82, 2.24) is 14.7 Å². The highest BCUT2D eigenvalue weighted by Crippen LogP contribution is 2.37. The molecule has 1 saturated carbocycles. The summed E-state index contributed by atoms with van der Waals surface area (Å²) < 4.78 is 13.1. The molecule has 1 aliphatic carbocycles. The molecule has 0 radical (unpaired) electrons. The third-order valence-electron chi connectivity index (χ3n) is 6.41. The molecule has 0 spiro atoms. The number of aliphatic hydroxyl groups excluding tert-OH is 1. The Kier molecular flexibility index (Phi) is 6.11. The molecular weight excluding hydrogens is 396 g/mol. The van der Waals surface area contributed by atoms with Gasteiger partial charge >= 0.3 is 0 Å². The van der Waals surface area contributed by atoms with Crippen LogP contribution in [-0.4, -0.2) is 45.5 Å². The molecule has 8 nitrogen and oxygen atoms in total. The van der Waals surface area contributed by atoms with Crippen molar-refractivity contribution in [2.75, 3.05) is 13.7 Å². The monoisotopic (exact) mass is 426 g/mol. The molecule has 1 fully saturated rings. The average molecular weight is 427 g/mol. The molecule has 166 valence electrons. The largest absolute Gasteiger partial charge is 0.396 e. The summed E-state index contributed by atoms with van der Waals surface area (Å²) in [5, 5.41) is 14.1. The Morgan fingerprint density at radius 1 is 1.32 bits per heavy atom. The minimum absolute atomic E-state index is 0.0595. The number of rotatable bonds is 7. The molecule has 1 atom stereocenters. The molecule has 0 bridgehead atoms. The van der Waals surface area contributed by atoms with E-state index in [-0.39, 0.29) is 25.2 Å². The first kappa shape index (κ1) is 21.5. The summed E-state index contributed by atoms with van der Waals surface area (Å²) in [6, 6.07) is 6.38. The lowest BCUT2D eigenvalue weighted by molar-refractivity contribution is -0.118. The van der Waals surface area contributed by atoms with E-state index in [0.717, 1.165) is 59.3 Å². The van der Waals surface area contributed by atoms with Gasteiger partial charge in [0.1, 0.15) is 11.6 Å². The van der Waals surface area contributed by atoms with E-state index < -0.39 is 11.8 Å². The third kappa shape index (κ3) is 4.09. The van der Waals surface area contributed by atoms with Crippen LogP contribution in [0.2, 0.25) is 0 Å². The molecule has 2 heterocycles. The number of nitrogens with two attached hydrogens (primary N) is 1. The maximum atomic E-state index is 11.7. The van der Waals surface area contributed by atoms with E-state index in [1.54, 1.807) is 7.11 Å². The van der Waals surface area contributed by atoms with Crippen LogP contribution in [0.5, 0.6) is 0 Å². The number of carbonyl (C=O) groups is 1. The van der Waals surface area contributed by atoms with Gasteiger partial charge in [-0.2, -0.15) is 0 Å². The standard InChI is InChI=1S/C23H30N4O4/c1-13-22(14(2)31-26-13)15-4-9-20-19(10-15)25-23(16(12-28)11-21(24)29)27(20)17-5-7-18(30-3)8-6-17/h4,9-10,16-18,28H,5-8,11-12H2,1-3H3,(H2,24,29)/t16-,17?,18?/m0/s1. The van der Waals surface area contributed by atoms with Gasteiger partial charge in [0.2, 0.25) is 5.91 Å². The number of hydrogen-bond donors (Lipinski definition) is 2. The Balaban J connectivity index is 1.82. The van der Waals surface area contributed by atoms with Crippen LogP contribution >= 0.6 is 0 Å². The second kappa shape index (κ2) is 8.80. The maximum Gasteiger partial charge on any atom is 0.218 e. The molecule has 1 aliphatic rings. The number of hydrogen-bond acceptors (Lipinski definition) is 6. The smallest absolute Gasteiger partial charge is 0.218 e. The number of fused-ring (bicyclic) bond motifs is 1. The average Bonchev–Trinajstić information content (AvgIpc) is 3.30. The van der Waals surface area contributed by atoms with Crippen LogP contribution in [0.1, 0.15) is 61.3 Å². The fraction of sp³-hybridized carbons (Fsp3) is 0.522. The van der Waals surface area contributed by atoms with Gasteiger partial charge in [0, 0.05) is 31.1 Å². The van der Waals surface area contributed by atoms with Crippen LogP contribution < -0.4 is 5.73 Å². The van der Waals surface area contributed by atoms with E-state index in [2.05, 4.69) is 21.9 Å². The number of aryl methyl sites for hydroxylation is 2. The molecule has 0 saturated heterocycles. The fourth-order valence-electron chi connectivity index (χ4n) is 4.86. The molecule has 1 amide bonds. The lowest BCUT2D eigenvalue weighted by Gasteiger charge is -2.31. The van der Waals surface area contributed by atoms with E-state index in [4.69, 9.17) is 20.0 Å². The zero-order valence-corrected chi connectivity index (χ0v) is 18.3. The second-order valence-corrected chi connectivity index (χ2v) is 8.46. The number of aliphatic hydroxyl groups is 1. The van der Waals surface area contributed by atoms with Crippen LogP contribution in [0.3, 0.4) is 0 Å². The molecule has 31 heavy (non-hydrogen) atoms. The molecule has 8 heteroatoms. The van der Waals surface area contributed by atoms with Gasteiger partial charge in [-0.1, -0.05) is 11.2 Å². The summed E-state index contributed by atoms with van der Waals surface area (Å²) in [7, 11) is 1.76. The van der Waals surface area contributed by atoms with Gasteiger partial charge < -0.3 is 24.7 Å². The first-order chi connectivity index (χ1) is 14.9. The van der Waals surface area contributed by atoms with Gasteiger partial charge in [-0.3, -0.25) is 4.79 Å². The van der Waals surface area contributed by atoms with Crippen LogP contribution in [0.4, 0.5) is 0 Å². The Hall–Kier alpha value is -2.71. The van der Waals surface area contributed by atoms with Crippen molar-refractivity contribution >= 4 is 16.9 Å². The van der Waals surface area contributed by atoms with Crippen molar-refractivity contribution in [2.45, 2.75) is 64.0 Å². The zero-order chi connectivity index (χ0) is 22.1. The molecule has 2 aromatic heterocycles. The quantitative estimate of drug-likeness (QED) is 0.598. The third-order valence-corrected chi connectivity index (χ3v) is 6.41. The van der Waals surface area contributed by atoms with Crippen molar-refractivity contribution in [3.05, 3.63) is 35.5 Å². The highest BCUT2D eigenvalue weighted by atomic mass is 16.5. The van der Waals surface area contributed by atoms with Crippen molar-refractivity contribution < 1.29 is 19.2 Å². The Labute approximate surface area is 181 Å². The first-order valence-corrected chi connectivity index (χ1v) is 10.8.